The highest BCUT2D eigenvalue weighted by atomic mass is 16.5. The Bertz CT molecular complexity index is 1740. The van der Waals surface area contributed by atoms with Gasteiger partial charge in [-0.15, -0.1) is 0 Å². The monoisotopic (exact) mass is 648 g/mol. The van der Waals surface area contributed by atoms with Gasteiger partial charge in [-0.05, 0) is 47.5 Å². The average molecular weight is 649 g/mol. The van der Waals surface area contributed by atoms with Gasteiger partial charge in [-0.1, -0.05) is 60.7 Å². The van der Waals surface area contributed by atoms with Crippen molar-refractivity contribution in [3.05, 3.63) is 130 Å². The van der Waals surface area contributed by atoms with Gasteiger partial charge in [-0.25, -0.2) is 9.59 Å². The van der Waals surface area contributed by atoms with Crippen LogP contribution in [0.1, 0.15) is 55.1 Å². The Hall–Kier alpha value is -5.98. The van der Waals surface area contributed by atoms with Gasteiger partial charge in [0.25, 0.3) is 0 Å². The predicted octanol–water partition coefficient (Wildman–Crippen LogP) is 3.35. The summed E-state index contributed by atoms with van der Waals surface area (Å²) in [6.45, 7) is -0.490. The lowest BCUT2D eigenvalue weighted by Crippen LogP contribution is -2.36. The number of hydrogen-bond donors (Lipinski definition) is 4. The van der Waals surface area contributed by atoms with Crippen LogP contribution in [-0.2, 0) is 28.7 Å². The van der Waals surface area contributed by atoms with E-state index in [0.29, 0.717) is 11.1 Å². The van der Waals surface area contributed by atoms with Crippen molar-refractivity contribution in [1.29, 1.82) is 0 Å². The molecular weight excluding hydrogens is 616 g/mol. The fraction of sp³-hybridized carbons (Fsp3) is 0.167. The zero-order valence-electron chi connectivity index (χ0n) is 26.1. The van der Waals surface area contributed by atoms with E-state index in [-0.39, 0.29) is 52.5 Å². The van der Waals surface area contributed by atoms with E-state index in [1.54, 1.807) is 60.7 Å². The van der Waals surface area contributed by atoms with Crippen molar-refractivity contribution < 1.29 is 38.2 Å². The molecule has 4 aromatic carbocycles. The van der Waals surface area contributed by atoms with Crippen molar-refractivity contribution in [2.45, 2.75) is 12.1 Å². The van der Waals surface area contributed by atoms with Gasteiger partial charge in [0.1, 0.15) is 12.1 Å². The van der Waals surface area contributed by atoms with Crippen LogP contribution in [0.3, 0.4) is 0 Å². The number of nitrogens with one attached hydrogen (secondary N) is 4. The first kappa shape index (κ1) is 33.4. The molecule has 0 saturated carbocycles. The van der Waals surface area contributed by atoms with Crippen molar-refractivity contribution >= 4 is 46.7 Å². The van der Waals surface area contributed by atoms with Gasteiger partial charge in [0.2, 0.25) is 11.8 Å². The van der Waals surface area contributed by atoms with Crippen molar-refractivity contribution in [2.75, 3.05) is 37.9 Å². The van der Waals surface area contributed by atoms with Crippen molar-refractivity contribution in [3.8, 4) is 0 Å². The minimum Gasteiger partial charge on any atom is -0.468 e. The van der Waals surface area contributed by atoms with Crippen LogP contribution in [0.15, 0.2) is 97.1 Å². The molecule has 0 aromatic heterocycles. The molecule has 2 amide bonds. The lowest BCUT2D eigenvalue weighted by atomic mass is 9.83. The van der Waals surface area contributed by atoms with Gasteiger partial charge in [-0.2, -0.15) is 0 Å². The van der Waals surface area contributed by atoms with E-state index in [9.17, 15) is 28.8 Å². The number of hydrogen-bond acceptors (Lipinski definition) is 10. The van der Waals surface area contributed by atoms with Gasteiger partial charge >= 0.3 is 11.9 Å². The second-order valence-corrected chi connectivity index (χ2v) is 10.8. The van der Waals surface area contributed by atoms with Gasteiger partial charge in [0.05, 0.1) is 27.3 Å². The van der Waals surface area contributed by atoms with E-state index in [0.717, 1.165) is 0 Å². The maximum Gasteiger partial charge on any atom is 0.327 e. The molecule has 0 fully saturated rings. The number of benzene rings is 4. The lowest BCUT2D eigenvalue weighted by Gasteiger charge is -2.20. The van der Waals surface area contributed by atoms with Crippen LogP contribution in [0, 0.1) is 0 Å². The Morgan fingerprint density at radius 1 is 0.542 bits per heavy atom. The minimum absolute atomic E-state index is 0.0870. The van der Waals surface area contributed by atoms with Gasteiger partial charge in [-0.3, -0.25) is 29.8 Å². The number of esters is 2. The molecule has 0 saturated heterocycles. The Labute approximate surface area is 275 Å². The summed E-state index contributed by atoms with van der Waals surface area (Å²) >= 11 is 0. The summed E-state index contributed by atoms with van der Waals surface area (Å²) in [5.74, 6) is -2.95. The summed E-state index contributed by atoms with van der Waals surface area (Å²) < 4.78 is 9.73. The van der Waals surface area contributed by atoms with Crippen LogP contribution in [0.5, 0.6) is 0 Å². The number of anilines is 2. The molecule has 0 aliphatic heterocycles. The number of methoxy groups -OCH3 is 2. The SMILES string of the molecule is COC(=O)[C@H](NCC(=O)Nc1ccc2c(c1)C(=O)c1cc(NC(=O)CN[C@@H](C(=O)OC)c3ccccc3)ccc1C2=O)c1ccccc1. The zero-order valence-corrected chi connectivity index (χ0v) is 26.1. The van der Waals surface area contributed by atoms with Crippen LogP contribution >= 0.6 is 0 Å². The number of rotatable bonds is 12. The summed E-state index contributed by atoms with van der Waals surface area (Å²) in [5.41, 5.74) is 2.31. The molecule has 1 aliphatic carbocycles. The van der Waals surface area contributed by atoms with Crippen LogP contribution in [0.2, 0.25) is 0 Å². The fourth-order valence-corrected chi connectivity index (χ4v) is 5.31. The second kappa shape index (κ2) is 15.1. The molecule has 4 aromatic rings. The summed E-state index contributed by atoms with van der Waals surface area (Å²) in [6, 6.07) is 24.6. The van der Waals surface area contributed by atoms with E-state index >= 15 is 0 Å². The van der Waals surface area contributed by atoms with Gasteiger partial charge in [0, 0.05) is 33.6 Å². The number of amides is 2. The van der Waals surface area contributed by atoms with Gasteiger partial charge in [0.15, 0.2) is 11.6 Å². The molecule has 48 heavy (non-hydrogen) atoms. The Morgan fingerprint density at radius 2 is 0.917 bits per heavy atom. The third kappa shape index (κ3) is 7.52. The molecular formula is C36H32N4O8. The Balaban J connectivity index is 1.25. The Kier molecular flexibility index (Phi) is 10.5. The number of carbonyl (C=O) groups excluding carboxylic acids is 6. The maximum absolute atomic E-state index is 13.6. The van der Waals surface area contributed by atoms with Crippen LogP contribution in [0.25, 0.3) is 0 Å². The second-order valence-electron chi connectivity index (χ2n) is 10.8. The largest absolute Gasteiger partial charge is 0.468 e. The minimum atomic E-state index is -0.871. The normalized spacial score (nSPS) is 13.0. The van der Waals surface area contributed by atoms with E-state index in [4.69, 9.17) is 9.47 Å². The molecule has 5 rings (SSSR count). The zero-order chi connectivity index (χ0) is 34.2. The fourth-order valence-electron chi connectivity index (χ4n) is 5.31. The molecule has 4 N–H and O–H groups in total. The average Bonchev–Trinajstić information content (AvgIpc) is 3.11. The number of ether oxygens (including phenoxy) is 2. The van der Waals surface area contributed by atoms with Crippen LogP contribution < -0.4 is 21.3 Å². The van der Waals surface area contributed by atoms with Crippen molar-refractivity contribution in [2.24, 2.45) is 0 Å². The summed E-state index contributed by atoms with van der Waals surface area (Å²) in [7, 11) is 2.51. The van der Waals surface area contributed by atoms with E-state index < -0.39 is 41.6 Å². The smallest absolute Gasteiger partial charge is 0.327 e. The molecule has 0 unspecified atom stereocenters. The summed E-state index contributed by atoms with van der Waals surface area (Å²) in [6.07, 6.45) is 0. The molecule has 1 aliphatic rings. The summed E-state index contributed by atoms with van der Waals surface area (Å²) in [4.78, 5) is 77.1. The van der Waals surface area contributed by atoms with Crippen LogP contribution in [0.4, 0.5) is 11.4 Å². The van der Waals surface area contributed by atoms with Crippen molar-refractivity contribution in [1.82, 2.24) is 10.6 Å². The van der Waals surface area contributed by atoms with Gasteiger partial charge < -0.3 is 20.1 Å². The molecule has 244 valence electrons. The molecule has 12 nitrogen and oxygen atoms in total. The highest BCUT2D eigenvalue weighted by molar-refractivity contribution is 6.29. The molecule has 0 radical (unpaired) electrons. The van der Waals surface area contributed by atoms with Crippen LogP contribution in [-0.4, -0.2) is 62.6 Å². The highest BCUT2D eigenvalue weighted by Crippen LogP contribution is 2.31. The molecule has 0 spiro atoms. The number of ketones is 2. The first-order valence-corrected chi connectivity index (χ1v) is 14.9. The predicted molar refractivity (Wildman–Crippen MR) is 175 cm³/mol. The molecule has 0 bridgehead atoms. The molecule has 0 heterocycles. The molecule has 12 heteroatoms. The first-order valence-electron chi connectivity index (χ1n) is 14.9. The van der Waals surface area contributed by atoms with E-state index in [1.165, 1.54) is 50.6 Å². The quantitative estimate of drug-likeness (QED) is 0.147. The first-order chi connectivity index (χ1) is 23.2. The van der Waals surface area contributed by atoms with Crippen molar-refractivity contribution in [3.63, 3.8) is 0 Å². The third-order valence-electron chi connectivity index (χ3n) is 7.66. The number of fused-ring (bicyclic) bond motifs is 2. The van der Waals surface area contributed by atoms with E-state index in [2.05, 4.69) is 21.3 Å². The maximum atomic E-state index is 13.6. The topological polar surface area (TPSA) is 169 Å². The van der Waals surface area contributed by atoms with E-state index in [1.807, 2.05) is 0 Å². The highest BCUT2D eigenvalue weighted by Gasteiger charge is 2.31. The summed E-state index contributed by atoms with van der Waals surface area (Å²) in [5, 5.41) is 11.1. The molecule has 2 atom stereocenters. The lowest BCUT2D eigenvalue weighted by molar-refractivity contribution is -0.144. The number of carbonyl (C=O) groups is 6. The third-order valence-corrected chi connectivity index (χ3v) is 7.66. The standard InChI is InChI=1S/C36H32N4O8/c1-47-35(45)31(21-9-5-3-6-10-21)37-19-29(41)39-23-13-15-25-27(17-23)34(44)28-18-24(14-16-26(28)33(25)43)40-30(42)20-38-32(36(46)48-2)22-11-7-4-8-12-22/h3-18,31-32,37-38H,19-20H2,1-2H3,(H,39,41)(H,40,42)/t31-,32-/m1/s1. The Morgan fingerprint density at radius 3 is 1.29 bits per heavy atom.